The van der Waals surface area contributed by atoms with Crippen molar-refractivity contribution < 1.29 is 32.2 Å². The van der Waals surface area contributed by atoms with Gasteiger partial charge in [-0.3, -0.25) is 4.79 Å². The van der Waals surface area contributed by atoms with E-state index in [4.69, 9.17) is 4.74 Å². The van der Waals surface area contributed by atoms with Crippen molar-refractivity contribution in [3.05, 3.63) is 29.8 Å². The molecule has 30 heavy (non-hydrogen) atoms. The van der Waals surface area contributed by atoms with Crippen LogP contribution >= 0.6 is 0 Å². The van der Waals surface area contributed by atoms with Gasteiger partial charge in [0.05, 0.1) is 0 Å². The highest BCUT2D eigenvalue weighted by Gasteiger charge is 2.32. The number of ether oxygens (including phenoxy) is 2. The second kappa shape index (κ2) is 8.97. The molecule has 1 N–H and O–H groups in total. The van der Waals surface area contributed by atoms with Crippen LogP contribution in [0.1, 0.15) is 46.6 Å². The van der Waals surface area contributed by atoms with Gasteiger partial charge in [0.15, 0.2) is 0 Å². The molecule has 6 nitrogen and oxygen atoms in total. The summed E-state index contributed by atoms with van der Waals surface area (Å²) >= 11 is 0. The average Bonchev–Trinajstić information content (AvgIpc) is 2.60. The van der Waals surface area contributed by atoms with Crippen LogP contribution in [0.2, 0.25) is 0 Å². The number of hydrogen-bond acceptors (Lipinski definition) is 4. The Labute approximate surface area is 174 Å². The van der Waals surface area contributed by atoms with Gasteiger partial charge in [-0.15, -0.1) is 13.2 Å². The summed E-state index contributed by atoms with van der Waals surface area (Å²) in [6.07, 6.45) is -3.15. The fourth-order valence-corrected chi connectivity index (χ4v) is 2.78. The van der Waals surface area contributed by atoms with Gasteiger partial charge in [0, 0.05) is 30.3 Å². The first-order valence-corrected chi connectivity index (χ1v) is 9.63. The van der Waals surface area contributed by atoms with Crippen molar-refractivity contribution in [2.75, 3.05) is 18.4 Å². The highest BCUT2D eigenvalue weighted by Crippen LogP contribution is 2.34. The Kier molecular flexibility index (Phi) is 7.05. The molecular formula is C21H27F3N2O4. The molecule has 0 aromatic heterocycles. The van der Waals surface area contributed by atoms with Crippen molar-refractivity contribution in [3.63, 3.8) is 0 Å². The summed E-state index contributed by atoms with van der Waals surface area (Å²) in [5, 5.41) is 2.74. The average molecular weight is 428 g/mol. The molecule has 0 unspecified atom stereocenters. The number of nitrogens with one attached hydrogen (secondary N) is 1. The first-order valence-electron chi connectivity index (χ1n) is 9.63. The summed E-state index contributed by atoms with van der Waals surface area (Å²) in [5.74, 6) is -0.935. The first kappa shape index (κ1) is 23.6. The van der Waals surface area contributed by atoms with E-state index >= 15 is 0 Å². The zero-order valence-corrected chi connectivity index (χ0v) is 17.7. The van der Waals surface area contributed by atoms with E-state index in [0.29, 0.717) is 29.8 Å². The Morgan fingerprint density at radius 1 is 1.17 bits per heavy atom. The Hall–Kier alpha value is -2.71. The number of hydrogen-bond donors (Lipinski definition) is 1. The van der Waals surface area contributed by atoms with Gasteiger partial charge in [0.2, 0.25) is 5.91 Å². The molecule has 9 heteroatoms. The molecule has 1 heterocycles. The molecule has 1 aliphatic heterocycles. The van der Waals surface area contributed by atoms with E-state index in [1.165, 1.54) is 17.0 Å². The van der Waals surface area contributed by atoms with E-state index in [0.717, 1.165) is 6.07 Å². The van der Waals surface area contributed by atoms with E-state index in [-0.39, 0.29) is 24.1 Å². The minimum atomic E-state index is -4.82. The van der Waals surface area contributed by atoms with Crippen molar-refractivity contribution in [1.82, 2.24) is 4.90 Å². The van der Waals surface area contributed by atoms with Gasteiger partial charge >= 0.3 is 12.5 Å². The van der Waals surface area contributed by atoms with Crippen LogP contribution in [0.5, 0.6) is 5.75 Å². The van der Waals surface area contributed by atoms with E-state index < -0.39 is 18.1 Å². The van der Waals surface area contributed by atoms with E-state index in [1.54, 1.807) is 40.7 Å². The maximum absolute atomic E-state index is 12.6. The Morgan fingerprint density at radius 2 is 1.83 bits per heavy atom. The van der Waals surface area contributed by atoms with Crippen molar-refractivity contribution in [3.8, 4) is 5.75 Å². The standard InChI is InChI=1S/C21H27F3N2O4/c1-13(2)18(27)25-17-7-6-15(29-21(22,23)24)12-16(17)14-8-10-26(11-9-14)19(28)30-20(3,4)5/h6-8,12-13H,9-11H2,1-5H3,(H,25,27). The molecule has 1 aromatic rings. The lowest BCUT2D eigenvalue weighted by molar-refractivity contribution is -0.274. The molecule has 1 aliphatic rings. The lowest BCUT2D eigenvalue weighted by Gasteiger charge is -2.30. The number of nitrogens with zero attached hydrogens (tertiary/aromatic N) is 1. The fourth-order valence-electron chi connectivity index (χ4n) is 2.78. The fraction of sp³-hybridized carbons (Fsp3) is 0.524. The van der Waals surface area contributed by atoms with Crippen molar-refractivity contribution in [2.45, 2.75) is 53.0 Å². The summed E-state index contributed by atoms with van der Waals surface area (Å²) in [7, 11) is 0. The SMILES string of the molecule is CC(C)C(=O)Nc1ccc(OC(F)(F)F)cc1C1=CCN(C(=O)OC(C)(C)C)CC1. The van der Waals surface area contributed by atoms with E-state index in [2.05, 4.69) is 10.1 Å². The van der Waals surface area contributed by atoms with Crippen molar-refractivity contribution >= 4 is 23.3 Å². The van der Waals surface area contributed by atoms with Gasteiger partial charge in [-0.2, -0.15) is 0 Å². The van der Waals surface area contributed by atoms with Crippen molar-refractivity contribution in [2.24, 2.45) is 5.92 Å². The quantitative estimate of drug-likeness (QED) is 0.715. The topological polar surface area (TPSA) is 67.9 Å². The molecular weight excluding hydrogens is 401 g/mol. The normalized spacial score (nSPS) is 15.0. The highest BCUT2D eigenvalue weighted by molar-refractivity contribution is 5.95. The highest BCUT2D eigenvalue weighted by atomic mass is 19.4. The van der Waals surface area contributed by atoms with Crippen LogP contribution in [0.3, 0.4) is 0 Å². The summed E-state index contributed by atoms with van der Waals surface area (Å²) in [4.78, 5) is 25.9. The maximum atomic E-state index is 12.6. The molecule has 0 saturated carbocycles. The third-order valence-corrected chi connectivity index (χ3v) is 4.21. The molecule has 166 valence electrons. The minimum absolute atomic E-state index is 0.242. The molecule has 0 fully saturated rings. The third-order valence-electron chi connectivity index (χ3n) is 4.21. The molecule has 0 bridgehead atoms. The lowest BCUT2D eigenvalue weighted by Crippen LogP contribution is -2.39. The molecule has 0 saturated heterocycles. The van der Waals surface area contributed by atoms with Gasteiger partial charge in [0.25, 0.3) is 0 Å². The first-order chi connectivity index (χ1) is 13.7. The van der Waals surface area contributed by atoms with Gasteiger partial charge in [0.1, 0.15) is 11.4 Å². The summed E-state index contributed by atoms with van der Waals surface area (Å²) in [6, 6.07) is 3.79. The number of carbonyl (C=O) groups excluding carboxylic acids is 2. The second-order valence-corrected chi connectivity index (χ2v) is 8.30. The smallest absolute Gasteiger partial charge is 0.444 e. The zero-order valence-electron chi connectivity index (χ0n) is 17.7. The molecule has 0 atom stereocenters. The lowest BCUT2D eigenvalue weighted by atomic mass is 9.97. The van der Waals surface area contributed by atoms with Crippen LogP contribution in [0.15, 0.2) is 24.3 Å². The predicted octanol–water partition coefficient (Wildman–Crippen LogP) is 5.20. The third kappa shape index (κ3) is 6.96. The van der Waals surface area contributed by atoms with Crippen LogP contribution in [-0.4, -0.2) is 42.0 Å². The van der Waals surface area contributed by atoms with Gasteiger partial charge in [-0.25, -0.2) is 4.79 Å². The number of benzene rings is 1. The predicted molar refractivity (Wildman–Crippen MR) is 107 cm³/mol. The van der Waals surface area contributed by atoms with Crippen molar-refractivity contribution in [1.29, 1.82) is 0 Å². The zero-order chi connectivity index (χ0) is 22.7. The second-order valence-electron chi connectivity index (χ2n) is 8.30. The van der Waals surface area contributed by atoms with Crippen LogP contribution in [-0.2, 0) is 9.53 Å². The van der Waals surface area contributed by atoms with E-state index in [1.807, 2.05) is 0 Å². The molecule has 0 radical (unpaired) electrons. The Balaban J connectivity index is 2.29. The summed E-state index contributed by atoms with van der Waals surface area (Å²) < 4.78 is 47.3. The number of amides is 2. The summed E-state index contributed by atoms with van der Waals surface area (Å²) in [6.45, 7) is 9.32. The molecule has 0 aliphatic carbocycles. The number of anilines is 1. The Morgan fingerprint density at radius 3 is 2.33 bits per heavy atom. The monoisotopic (exact) mass is 428 g/mol. The Bertz CT molecular complexity index is 827. The van der Waals surface area contributed by atoms with Crippen LogP contribution in [0, 0.1) is 5.92 Å². The largest absolute Gasteiger partial charge is 0.573 e. The van der Waals surface area contributed by atoms with Crippen LogP contribution in [0.4, 0.5) is 23.7 Å². The van der Waals surface area contributed by atoms with Crippen LogP contribution in [0.25, 0.3) is 5.57 Å². The molecule has 0 spiro atoms. The molecule has 2 amide bonds. The molecule has 1 aromatic carbocycles. The number of halogens is 3. The van der Waals surface area contributed by atoms with Gasteiger partial charge in [-0.05, 0) is 51.0 Å². The molecule has 2 rings (SSSR count). The summed E-state index contributed by atoms with van der Waals surface area (Å²) in [5.41, 5.74) is 0.898. The minimum Gasteiger partial charge on any atom is -0.444 e. The van der Waals surface area contributed by atoms with Gasteiger partial charge < -0.3 is 19.7 Å². The van der Waals surface area contributed by atoms with E-state index in [9.17, 15) is 22.8 Å². The van der Waals surface area contributed by atoms with Gasteiger partial charge in [-0.1, -0.05) is 19.9 Å². The number of carbonyl (C=O) groups is 2. The number of alkyl halides is 3. The number of rotatable bonds is 4. The van der Waals surface area contributed by atoms with Crippen LogP contribution < -0.4 is 10.1 Å². The maximum Gasteiger partial charge on any atom is 0.573 e.